The van der Waals surface area contributed by atoms with E-state index in [1.807, 2.05) is 31.2 Å². The highest BCUT2D eigenvalue weighted by Crippen LogP contribution is 2.13. The fourth-order valence-electron chi connectivity index (χ4n) is 0.885. The molecule has 0 saturated carbocycles. The van der Waals surface area contributed by atoms with E-state index in [9.17, 15) is 0 Å². The lowest BCUT2D eigenvalue weighted by atomic mass is 10.4. The third-order valence-electron chi connectivity index (χ3n) is 1.49. The monoisotopic (exact) mass is 200 g/mol. The molecule has 0 N–H and O–H groups in total. The summed E-state index contributed by atoms with van der Waals surface area (Å²) >= 11 is 1.63. The van der Waals surface area contributed by atoms with Crippen molar-refractivity contribution < 1.29 is 0 Å². The van der Waals surface area contributed by atoms with Gasteiger partial charge in [-0.05, 0) is 31.6 Å². The zero-order valence-corrected chi connectivity index (χ0v) is 9.24. The van der Waals surface area contributed by atoms with Crippen LogP contribution in [0.15, 0.2) is 24.3 Å². The van der Waals surface area contributed by atoms with Crippen molar-refractivity contribution in [1.29, 1.82) is 0 Å². The van der Waals surface area contributed by atoms with Crippen molar-refractivity contribution in [3.8, 4) is 23.7 Å². The molecule has 1 rings (SSSR count). The van der Waals surface area contributed by atoms with Crippen LogP contribution in [-0.4, -0.2) is 0 Å². The molecule has 0 aliphatic heterocycles. The Kier molecular flexibility index (Phi) is 4.62. The van der Waals surface area contributed by atoms with Gasteiger partial charge in [0.15, 0.2) is 0 Å². The van der Waals surface area contributed by atoms with Gasteiger partial charge in [0, 0.05) is 0 Å². The minimum atomic E-state index is 1.03. The maximum absolute atomic E-state index is 3.07. The second kappa shape index (κ2) is 6.08. The van der Waals surface area contributed by atoms with Gasteiger partial charge in [0.1, 0.15) is 0 Å². The highest BCUT2D eigenvalue weighted by molar-refractivity contribution is 7.13. The Morgan fingerprint density at radius 3 is 2.64 bits per heavy atom. The second-order valence-corrected chi connectivity index (χ2v) is 3.70. The Hall–Kier alpha value is -1.44. The SMILES string of the molecule is CC#Cc1ccc(C#C/C=C/CC)s1. The van der Waals surface area contributed by atoms with Gasteiger partial charge in [-0.25, -0.2) is 0 Å². The quantitative estimate of drug-likeness (QED) is 0.609. The van der Waals surface area contributed by atoms with Crippen molar-refractivity contribution in [2.24, 2.45) is 0 Å². The summed E-state index contributed by atoms with van der Waals surface area (Å²) in [5, 5.41) is 0. The summed E-state index contributed by atoms with van der Waals surface area (Å²) in [6.07, 6.45) is 4.98. The van der Waals surface area contributed by atoms with E-state index in [1.165, 1.54) is 0 Å². The number of allylic oxidation sites excluding steroid dienone is 2. The summed E-state index contributed by atoms with van der Waals surface area (Å²) < 4.78 is 0. The van der Waals surface area contributed by atoms with Crippen molar-refractivity contribution in [2.45, 2.75) is 20.3 Å². The molecule has 0 spiro atoms. The predicted molar refractivity (Wildman–Crippen MR) is 63.2 cm³/mol. The molecule has 14 heavy (non-hydrogen) atoms. The summed E-state index contributed by atoms with van der Waals surface area (Å²) in [5.74, 6) is 11.9. The molecule has 70 valence electrons. The molecule has 1 aromatic heterocycles. The Morgan fingerprint density at radius 2 is 2.00 bits per heavy atom. The van der Waals surface area contributed by atoms with Crippen molar-refractivity contribution in [2.75, 3.05) is 0 Å². The molecule has 0 aromatic carbocycles. The summed E-state index contributed by atoms with van der Waals surface area (Å²) in [7, 11) is 0. The number of rotatable bonds is 1. The Labute approximate surface area is 89.7 Å². The lowest BCUT2D eigenvalue weighted by molar-refractivity contribution is 1.23. The molecule has 0 nitrogen and oxygen atoms in total. The smallest absolute Gasteiger partial charge is 0.0785 e. The first kappa shape index (κ1) is 10.6. The third kappa shape index (κ3) is 3.52. The molecule has 1 aromatic rings. The normalized spacial score (nSPS) is 9.00. The van der Waals surface area contributed by atoms with Crippen LogP contribution in [0.2, 0.25) is 0 Å². The largest absolute Gasteiger partial charge is 0.118 e. The van der Waals surface area contributed by atoms with Gasteiger partial charge in [0.05, 0.1) is 9.75 Å². The molecule has 1 heteroatoms. The fourth-order valence-corrected chi connectivity index (χ4v) is 1.66. The first-order chi connectivity index (χ1) is 6.86. The topological polar surface area (TPSA) is 0 Å². The van der Waals surface area contributed by atoms with E-state index in [2.05, 4.69) is 30.6 Å². The van der Waals surface area contributed by atoms with E-state index in [0.29, 0.717) is 0 Å². The van der Waals surface area contributed by atoms with E-state index >= 15 is 0 Å². The molecular weight excluding hydrogens is 188 g/mol. The van der Waals surface area contributed by atoms with E-state index in [4.69, 9.17) is 0 Å². The van der Waals surface area contributed by atoms with Gasteiger partial charge >= 0.3 is 0 Å². The van der Waals surface area contributed by atoms with Gasteiger partial charge in [-0.3, -0.25) is 0 Å². The Balaban J connectivity index is 2.69. The highest BCUT2D eigenvalue weighted by Gasteiger charge is 1.91. The summed E-state index contributed by atoms with van der Waals surface area (Å²) in [6, 6.07) is 4.02. The standard InChI is InChI=1S/C13H12S/c1-3-5-6-7-9-13-11-10-12(14-13)8-4-2/h5-6,10-11H,3H2,1-2H3/b6-5+. The number of hydrogen-bond acceptors (Lipinski definition) is 1. The van der Waals surface area contributed by atoms with Gasteiger partial charge in [-0.2, -0.15) is 0 Å². The maximum atomic E-state index is 3.07. The van der Waals surface area contributed by atoms with Crippen LogP contribution >= 0.6 is 11.3 Å². The summed E-state index contributed by atoms with van der Waals surface area (Å²) in [4.78, 5) is 2.15. The molecule has 0 fully saturated rings. The lowest BCUT2D eigenvalue weighted by Crippen LogP contribution is -1.58. The third-order valence-corrected chi connectivity index (χ3v) is 2.40. The molecular formula is C13H12S. The van der Waals surface area contributed by atoms with Crippen LogP contribution in [0.1, 0.15) is 30.0 Å². The van der Waals surface area contributed by atoms with Gasteiger partial charge in [0.2, 0.25) is 0 Å². The minimum Gasteiger partial charge on any atom is -0.118 e. The minimum absolute atomic E-state index is 1.03. The second-order valence-electron chi connectivity index (χ2n) is 2.62. The van der Waals surface area contributed by atoms with Crippen LogP contribution in [0, 0.1) is 23.7 Å². The molecule has 0 aliphatic rings. The van der Waals surface area contributed by atoms with Crippen molar-refractivity contribution in [3.05, 3.63) is 34.0 Å². The predicted octanol–water partition coefficient (Wildman–Crippen LogP) is 3.44. The Morgan fingerprint density at radius 1 is 1.29 bits per heavy atom. The Bertz CT molecular complexity index is 427. The van der Waals surface area contributed by atoms with E-state index in [-0.39, 0.29) is 0 Å². The zero-order valence-electron chi connectivity index (χ0n) is 8.42. The van der Waals surface area contributed by atoms with Crippen LogP contribution in [0.3, 0.4) is 0 Å². The van der Waals surface area contributed by atoms with Crippen LogP contribution in [0.25, 0.3) is 0 Å². The molecule has 0 aliphatic carbocycles. The zero-order chi connectivity index (χ0) is 10.2. The lowest BCUT2D eigenvalue weighted by Gasteiger charge is -1.75. The van der Waals surface area contributed by atoms with E-state index in [1.54, 1.807) is 11.3 Å². The molecule has 1 heterocycles. The molecule has 0 unspecified atom stereocenters. The van der Waals surface area contributed by atoms with Crippen LogP contribution in [0.4, 0.5) is 0 Å². The molecule has 0 bridgehead atoms. The van der Waals surface area contributed by atoms with Crippen molar-refractivity contribution in [3.63, 3.8) is 0 Å². The highest BCUT2D eigenvalue weighted by atomic mass is 32.1. The van der Waals surface area contributed by atoms with Gasteiger partial charge < -0.3 is 0 Å². The first-order valence-corrected chi connectivity index (χ1v) is 5.37. The van der Waals surface area contributed by atoms with E-state index < -0.39 is 0 Å². The maximum Gasteiger partial charge on any atom is 0.0785 e. The van der Waals surface area contributed by atoms with E-state index in [0.717, 1.165) is 16.2 Å². The van der Waals surface area contributed by atoms with Crippen LogP contribution in [-0.2, 0) is 0 Å². The fraction of sp³-hybridized carbons (Fsp3) is 0.231. The van der Waals surface area contributed by atoms with Crippen molar-refractivity contribution in [1.82, 2.24) is 0 Å². The molecule has 0 amide bonds. The van der Waals surface area contributed by atoms with Gasteiger partial charge in [0.25, 0.3) is 0 Å². The average Bonchev–Trinajstić information content (AvgIpc) is 2.61. The first-order valence-electron chi connectivity index (χ1n) is 4.56. The molecule has 0 radical (unpaired) electrons. The van der Waals surface area contributed by atoms with Gasteiger partial charge in [-0.1, -0.05) is 30.8 Å². The number of thiophene rings is 1. The van der Waals surface area contributed by atoms with Crippen LogP contribution in [0.5, 0.6) is 0 Å². The number of hydrogen-bond donors (Lipinski definition) is 0. The summed E-state index contributed by atoms with van der Waals surface area (Å²) in [6.45, 7) is 3.94. The van der Waals surface area contributed by atoms with Crippen LogP contribution < -0.4 is 0 Å². The van der Waals surface area contributed by atoms with Gasteiger partial charge in [-0.15, -0.1) is 17.3 Å². The molecule has 0 atom stereocenters. The summed E-state index contributed by atoms with van der Waals surface area (Å²) in [5.41, 5.74) is 0. The molecule has 0 saturated heterocycles. The average molecular weight is 200 g/mol. The van der Waals surface area contributed by atoms with Crippen molar-refractivity contribution >= 4 is 11.3 Å².